The van der Waals surface area contributed by atoms with Crippen LogP contribution in [-0.2, 0) is 0 Å². The van der Waals surface area contributed by atoms with Crippen molar-refractivity contribution >= 4 is 11.8 Å². The summed E-state index contributed by atoms with van der Waals surface area (Å²) in [6.07, 6.45) is 3.56. The molecule has 0 aliphatic heterocycles. The molecule has 0 heterocycles. The molecule has 1 fully saturated rings. The second kappa shape index (κ2) is 5.54. The molecule has 1 aromatic carbocycles. The predicted molar refractivity (Wildman–Crippen MR) is 78.2 cm³/mol. The minimum Gasteiger partial charge on any atom is -0.497 e. The van der Waals surface area contributed by atoms with Gasteiger partial charge in [0.15, 0.2) is 0 Å². The number of rotatable bonds is 3. The first-order chi connectivity index (χ1) is 8.50. The summed E-state index contributed by atoms with van der Waals surface area (Å²) in [7, 11) is 1.71. The number of hydrogen-bond acceptors (Lipinski definition) is 3. The zero-order chi connectivity index (χ0) is 13.2. The molecule has 1 aliphatic rings. The maximum absolute atomic E-state index is 6.27. The first-order valence-electron chi connectivity index (χ1n) is 6.56. The largest absolute Gasteiger partial charge is 0.497 e. The molecule has 0 aromatic heterocycles. The van der Waals surface area contributed by atoms with Gasteiger partial charge in [0.1, 0.15) is 5.75 Å². The second-order valence-corrected chi connectivity index (χ2v) is 7.22. The van der Waals surface area contributed by atoms with E-state index in [0.717, 1.165) is 12.2 Å². The average Bonchev–Trinajstić information content (AvgIpc) is 2.34. The van der Waals surface area contributed by atoms with Gasteiger partial charge in [-0.2, -0.15) is 0 Å². The number of methoxy groups -OCH3 is 1. The van der Waals surface area contributed by atoms with Gasteiger partial charge < -0.3 is 10.5 Å². The third-order valence-electron chi connectivity index (χ3n) is 3.71. The van der Waals surface area contributed by atoms with Crippen LogP contribution in [0.1, 0.15) is 33.1 Å². The summed E-state index contributed by atoms with van der Waals surface area (Å²) >= 11 is 1.90. The average molecular weight is 265 g/mol. The van der Waals surface area contributed by atoms with Crippen LogP contribution < -0.4 is 10.5 Å². The molecule has 2 N–H and O–H groups in total. The summed E-state index contributed by atoms with van der Waals surface area (Å²) in [6, 6.07) is 8.57. The fourth-order valence-electron chi connectivity index (χ4n) is 2.52. The van der Waals surface area contributed by atoms with E-state index in [1.807, 2.05) is 23.9 Å². The fraction of sp³-hybridized carbons (Fsp3) is 0.600. The van der Waals surface area contributed by atoms with E-state index in [4.69, 9.17) is 10.5 Å². The molecule has 0 radical (unpaired) electrons. The van der Waals surface area contributed by atoms with Crippen molar-refractivity contribution in [3.8, 4) is 5.75 Å². The Kier molecular flexibility index (Phi) is 4.23. The smallest absolute Gasteiger partial charge is 0.119 e. The van der Waals surface area contributed by atoms with Crippen LogP contribution in [0.25, 0.3) is 0 Å². The van der Waals surface area contributed by atoms with E-state index in [0.29, 0.717) is 16.7 Å². The molecular weight excluding hydrogens is 242 g/mol. The third kappa shape index (κ3) is 3.42. The van der Waals surface area contributed by atoms with Crippen molar-refractivity contribution in [1.29, 1.82) is 0 Å². The lowest BCUT2D eigenvalue weighted by Crippen LogP contribution is -2.41. The zero-order valence-electron chi connectivity index (χ0n) is 11.5. The van der Waals surface area contributed by atoms with Crippen LogP contribution in [-0.4, -0.2) is 18.4 Å². The Morgan fingerprint density at radius 2 is 2.17 bits per heavy atom. The highest BCUT2D eigenvalue weighted by atomic mass is 32.2. The molecule has 1 aromatic rings. The Balaban J connectivity index is 2.07. The van der Waals surface area contributed by atoms with E-state index in [-0.39, 0.29) is 0 Å². The van der Waals surface area contributed by atoms with E-state index in [9.17, 15) is 0 Å². The molecule has 3 heteroatoms. The quantitative estimate of drug-likeness (QED) is 0.905. The lowest BCUT2D eigenvalue weighted by molar-refractivity contribution is 0.232. The Morgan fingerprint density at radius 3 is 2.89 bits per heavy atom. The highest BCUT2D eigenvalue weighted by Gasteiger charge is 2.33. The normalized spacial score (nSPS) is 26.9. The van der Waals surface area contributed by atoms with Crippen LogP contribution in [0.5, 0.6) is 5.75 Å². The lowest BCUT2D eigenvalue weighted by Gasteiger charge is -2.38. The zero-order valence-corrected chi connectivity index (χ0v) is 12.3. The highest BCUT2D eigenvalue weighted by molar-refractivity contribution is 8.00. The van der Waals surface area contributed by atoms with Gasteiger partial charge in [-0.25, -0.2) is 0 Å². The fourth-order valence-corrected chi connectivity index (χ4v) is 4.06. The van der Waals surface area contributed by atoms with Gasteiger partial charge in [-0.15, -0.1) is 11.8 Å². The first kappa shape index (κ1) is 13.8. The second-order valence-electron chi connectivity index (χ2n) is 5.91. The maximum atomic E-state index is 6.27. The van der Waals surface area contributed by atoms with Crippen LogP contribution in [0, 0.1) is 5.41 Å². The standard InChI is InChI=1S/C15H23NOS/c1-15(2)8-7-13(16)14(10-15)18-12-6-4-5-11(9-12)17-3/h4-6,9,13-14H,7-8,10,16H2,1-3H3. The monoisotopic (exact) mass is 265 g/mol. The molecule has 2 rings (SSSR count). The van der Waals surface area contributed by atoms with Gasteiger partial charge in [-0.1, -0.05) is 19.9 Å². The van der Waals surface area contributed by atoms with E-state index >= 15 is 0 Å². The van der Waals surface area contributed by atoms with E-state index in [1.165, 1.54) is 17.7 Å². The van der Waals surface area contributed by atoms with Crippen molar-refractivity contribution < 1.29 is 4.74 Å². The molecule has 100 valence electrons. The number of nitrogens with two attached hydrogens (primary N) is 1. The molecular formula is C15H23NOS. The molecule has 2 unspecified atom stereocenters. The van der Waals surface area contributed by atoms with Gasteiger partial charge in [-0.05, 0) is 42.9 Å². The van der Waals surface area contributed by atoms with E-state index < -0.39 is 0 Å². The van der Waals surface area contributed by atoms with Crippen LogP contribution in [0.4, 0.5) is 0 Å². The highest BCUT2D eigenvalue weighted by Crippen LogP contribution is 2.42. The SMILES string of the molecule is COc1cccc(SC2CC(C)(C)CCC2N)c1. The van der Waals surface area contributed by atoms with Crippen molar-refractivity contribution in [2.75, 3.05) is 7.11 Å². The summed E-state index contributed by atoms with van der Waals surface area (Å²) in [5.41, 5.74) is 6.69. The summed E-state index contributed by atoms with van der Waals surface area (Å²) in [6.45, 7) is 4.69. The molecule has 2 atom stereocenters. The van der Waals surface area contributed by atoms with Crippen LogP contribution >= 0.6 is 11.8 Å². The van der Waals surface area contributed by atoms with Gasteiger partial charge in [0, 0.05) is 16.2 Å². The molecule has 0 bridgehead atoms. The first-order valence-corrected chi connectivity index (χ1v) is 7.44. The molecule has 0 saturated heterocycles. The van der Waals surface area contributed by atoms with Crippen molar-refractivity contribution in [3.05, 3.63) is 24.3 Å². The lowest BCUT2D eigenvalue weighted by atomic mass is 9.75. The summed E-state index contributed by atoms with van der Waals surface area (Å²) in [5, 5.41) is 0.515. The van der Waals surface area contributed by atoms with Crippen molar-refractivity contribution in [2.45, 2.75) is 49.3 Å². The van der Waals surface area contributed by atoms with Crippen molar-refractivity contribution in [1.82, 2.24) is 0 Å². The molecule has 0 spiro atoms. The minimum atomic E-state index is 0.314. The maximum Gasteiger partial charge on any atom is 0.119 e. The Hall–Kier alpha value is -0.670. The molecule has 0 amide bonds. The molecule has 1 saturated carbocycles. The van der Waals surface area contributed by atoms with Gasteiger partial charge >= 0.3 is 0 Å². The molecule has 2 nitrogen and oxygen atoms in total. The van der Waals surface area contributed by atoms with Crippen molar-refractivity contribution in [2.24, 2.45) is 11.1 Å². The number of ether oxygens (including phenoxy) is 1. The number of thioether (sulfide) groups is 1. The number of hydrogen-bond donors (Lipinski definition) is 1. The van der Waals surface area contributed by atoms with Gasteiger partial charge in [0.2, 0.25) is 0 Å². The van der Waals surface area contributed by atoms with Crippen LogP contribution in [0.3, 0.4) is 0 Å². The topological polar surface area (TPSA) is 35.2 Å². The van der Waals surface area contributed by atoms with Crippen LogP contribution in [0.15, 0.2) is 29.2 Å². The van der Waals surface area contributed by atoms with Gasteiger partial charge in [0.05, 0.1) is 7.11 Å². The number of benzene rings is 1. The van der Waals surface area contributed by atoms with E-state index in [2.05, 4.69) is 26.0 Å². The summed E-state index contributed by atoms with van der Waals surface area (Å²) in [4.78, 5) is 1.26. The summed E-state index contributed by atoms with van der Waals surface area (Å²) < 4.78 is 5.27. The predicted octanol–water partition coefficient (Wildman–Crippen LogP) is 3.69. The Morgan fingerprint density at radius 1 is 1.39 bits per heavy atom. The summed E-state index contributed by atoms with van der Waals surface area (Å²) in [5.74, 6) is 0.920. The Labute approximate surface area is 114 Å². The van der Waals surface area contributed by atoms with E-state index in [1.54, 1.807) is 7.11 Å². The Bertz CT molecular complexity index is 405. The minimum absolute atomic E-state index is 0.314. The third-order valence-corrected chi connectivity index (χ3v) is 5.06. The van der Waals surface area contributed by atoms with Gasteiger partial charge in [-0.3, -0.25) is 0 Å². The molecule has 1 aliphatic carbocycles. The van der Waals surface area contributed by atoms with Crippen molar-refractivity contribution in [3.63, 3.8) is 0 Å². The molecule has 18 heavy (non-hydrogen) atoms. The van der Waals surface area contributed by atoms with Crippen LogP contribution in [0.2, 0.25) is 0 Å². The van der Waals surface area contributed by atoms with Gasteiger partial charge in [0.25, 0.3) is 0 Å².